The van der Waals surface area contributed by atoms with Crippen LogP contribution in [0, 0.1) is 13.8 Å². The minimum Gasteiger partial charge on any atom is -0.491 e. The zero-order valence-corrected chi connectivity index (χ0v) is 14.1. The van der Waals surface area contributed by atoms with Crippen molar-refractivity contribution in [1.29, 1.82) is 0 Å². The molecule has 0 fully saturated rings. The summed E-state index contributed by atoms with van der Waals surface area (Å²) in [7, 11) is 0. The number of ether oxygens (including phenoxy) is 1. The standard InChI is InChI=1S/C17H22ClN3O/c1-4-6-14-8-5-7-12(2)15(14)22-10-9-19-17-13(3)16(18)20-11-21-17/h5,7-8,11H,4,6,9-10H2,1-3H3,(H,19,20,21). The van der Waals surface area contributed by atoms with Gasteiger partial charge in [-0.3, -0.25) is 0 Å². The molecule has 2 aromatic rings. The predicted octanol–water partition coefficient (Wildman–Crippen LogP) is 4.19. The summed E-state index contributed by atoms with van der Waals surface area (Å²) in [6, 6.07) is 6.29. The molecule has 1 aromatic heterocycles. The minimum atomic E-state index is 0.475. The van der Waals surface area contributed by atoms with E-state index in [-0.39, 0.29) is 0 Å². The molecule has 0 unspecified atom stereocenters. The lowest BCUT2D eigenvalue weighted by molar-refractivity contribution is 0.326. The zero-order valence-electron chi connectivity index (χ0n) is 13.3. The van der Waals surface area contributed by atoms with Gasteiger partial charge in [0.1, 0.15) is 29.7 Å². The van der Waals surface area contributed by atoms with E-state index in [2.05, 4.69) is 47.3 Å². The van der Waals surface area contributed by atoms with Crippen molar-refractivity contribution in [3.8, 4) is 5.75 Å². The fourth-order valence-corrected chi connectivity index (χ4v) is 2.45. The first-order valence-electron chi connectivity index (χ1n) is 7.55. The second-order valence-corrected chi connectivity index (χ2v) is 5.58. The molecule has 22 heavy (non-hydrogen) atoms. The molecule has 1 N–H and O–H groups in total. The Kier molecular flexibility index (Phi) is 6.01. The highest BCUT2D eigenvalue weighted by Crippen LogP contribution is 2.24. The number of benzene rings is 1. The van der Waals surface area contributed by atoms with E-state index < -0.39 is 0 Å². The summed E-state index contributed by atoms with van der Waals surface area (Å²) in [5.41, 5.74) is 3.29. The average molecular weight is 320 g/mol. The molecule has 0 amide bonds. The molecule has 0 aliphatic carbocycles. The molecule has 0 spiro atoms. The fraction of sp³-hybridized carbons (Fsp3) is 0.412. The van der Waals surface area contributed by atoms with Gasteiger partial charge in [-0.1, -0.05) is 43.1 Å². The van der Waals surface area contributed by atoms with Gasteiger partial charge in [-0.25, -0.2) is 9.97 Å². The summed E-state index contributed by atoms with van der Waals surface area (Å²) in [6.07, 6.45) is 3.60. The van der Waals surface area contributed by atoms with Gasteiger partial charge in [-0.2, -0.15) is 0 Å². The third-order valence-electron chi connectivity index (χ3n) is 3.48. The molecule has 0 atom stereocenters. The summed E-state index contributed by atoms with van der Waals surface area (Å²) in [5, 5.41) is 3.71. The van der Waals surface area contributed by atoms with Crippen LogP contribution in [-0.4, -0.2) is 23.1 Å². The van der Waals surface area contributed by atoms with Crippen molar-refractivity contribution in [3.63, 3.8) is 0 Å². The first-order chi connectivity index (χ1) is 10.6. The van der Waals surface area contributed by atoms with Gasteiger partial charge in [0, 0.05) is 5.56 Å². The Labute approximate surface area is 136 Å². The second kappa shape index (κ2) is 7.99. The molecule has 0 bridgehead atoms. The van der Waals surface area contributed by atoms with Crippen molar-refractivity contribution < 1.29 is 4.74 Å². The molecule has 1 aromatic carbocycles. The van der Waals surface area contributed by atoms with Gasteiger partial charge >= 0.3 is 0 Å². The number of anilines is 1. The zero-order chi connectivity index (χ0) is 15.9. The Hall–Kier alpha value is -1.81. The summed E-state index contributed by atoms with van der Waals surface area (Å²) in [4.78, 5) is 8.13. The molecule has 118 valence electrons. The number of hydrogen-bond acceptors (Lipinski definition) is 4. The molecule has 2 rings (SSSR count). The largest absolute Gasteiger partial charge is 0.491 e. The van der Waals surface area contributed by atoms with Gasteiger partial charge in [0.15, 0.2) is 0 Å². The van der Waals surface area contributed by atoms with E-state index in [1.165, 1.54) is 17.5 Å². The maximum Gasteiger partial charge on any atom is 0.137 e. The van der Waals surface area contributed by atoms with E-state index in [0.29, 0.717) is 18.3 Å². The number of halogens is 1. The van der Waals surface area contributed by atoms with E-state index in [4.69, 9.17) is 16.3 Å². The van der Waals surface area contributed by atoms with Gasteiger partial charge in [-0.05, 0) is 31.4 Å². The van der Waals surface area contributed by atoms with E-state index in [1.807, 2.05) is 6.92 Å². The van der Waals surface area contributed by atoms with E-state index in [0.717, 1.165) is 30.0 Å². The van der Waals surface area contributed by atoms with Crippen LogP contribution in [0.1, 0.15) is 30.0 Å². The van der Waals surface area contributed by atoms with E-state index in [1.54, 1.807) is 0 Å². The first kappa shape index (κ1) is 16.6. The molecule has 0 radical (unpaired) electrons. The number of hydrogen-bond donors (Lipinski definition) is 1. The monoisotopic (exact) mass is 319 g/mol. The van der Waals surface area contributed by atoms with Crippen molar-refractivity contribution >= 4 is 17.4 Å². The lowest BCUT2D eigenvalue weighted by atomic mass is 10.1. The molecule has 0 saturated heterocycles. The predicted molar refractivity (Wildman–Crippen MR) is 90.9 cm³/mol. The fourth-order valence-electron chi connectivity index (χ4n) is 2.32. The molecular formula is C17H22ClN3O. The quantitative estimate of drug-likeness (QED) is 0.614. The third-order valence-corrected chi connectivity index (χ3v) is 3.86. The summed E-state index contributed by atoms with van der Waals surface area (Å²) < 4.78 is 5.97. The van der Waals surface area contributed by atoms with Crippen LogP contribution in [-0.2, 0) is 6.42 Å². The molecule has 0 aliphatic heterocycles. The van der Waals surface area contributed by atoms with Crippen LogP contribution < -0.4 is 10.1 Å². The Morgan fingerprint density at radius 2 is 2.05 bits per heavy atom. The van der Waals surface area contributed by atoms with Crippen LogP contribution in [0.4, 0.5) is 5.82 Å². The molecular weight excluding hydrogens is 298 g/mol. The highest BCUT2D eigenvalue weighted by molar-refractivity contribution is 6.30. The highest BCUT2D eigenvalue weighted by atomic mass is 35.5. The van der Waals surface area contributed by atoms with Gasteiger partial charge in [0.05, 0.1) is 6.54 Å². The highest BCUT2D eigenvalue weighted by Gasteiger charge is 2.07. The number of aryl methyl sites for hydroxylation is 2. The van der Waals surface area contributed by atoms with Gasteiger partial charge in [0.25, 0.3) is 0 Å². The van der Waals surface area contributed by atoms with Crippen LogP contribution >= 0.6 is 11.6 Å². The van der Waals surface area contributed by atoms with Gasteiger partial charge in [0.2, 0.25) is 0 Å². The van der Waals surface area contributed by atoms with Crippen molar-refractivity contribution in [1.82, 2.24) is 9.97 Å². The average Bonchev–Trinajstić information content (AvgIpc) is 2.50. The lowest BCUT2D eigenvalue weighted by Gasteiger charge is -2.15. The van der Waals surface area contributed by atoms with Crippen LogP contribution in [0.5, 0.6) is 5.75 Å². The summed E-state index contributed by atoms with van der Waals surface area (Å²) in [5.74, 6) is 1.76. The van der Waals surface area contributed by atoms with E-state index >= 15 is 0 Å². The maximum atomic E-state index is 5.98. The third kappa shape index (κ3) is 4.10. The van der Waals surface area contributed by atoms with Crippen LogP contribution in [0.2, 0.25) is 5.15 Å². The summed E-state index contributed by atoms with van der Waals surface area (Å²) >= 11 is 5.98. The molecule has 5 heteroatoms. The van der Waals surface area contributed by atoms with Gasteiger partial charge < -0.3 is 10.1 Å². The molecule has 4 nitrogen and oxygen atoms in total. The number of nitrogens with one attached hydrogen (secondary N) is 1. The molecule has 0 aliphatic rings. The number of nitrogens with zero attached hydrogens (tertiary/aromatic N) is 2. The topological polar surface area (TPSA) is 47.0 Å². The minimum absolute atomic E-state index is 0.475. The summed E-state index contributed by atoms with van der Waals surface area (Å²) in [6.45, 7) is 7.38. The maximum absolute atomic E-state index is 5.98. The molecule has 0 saturated carbocycles. The van der Waals surface area contributed by atoms with Crippen molar-refractivity contribution in [2.45, 2.75) is 33.6 Å². The SMILES string of the molecule is CCCc1cccc(C)c1OCCNc1ncnc(Cl)c1C. The smallest absolute Gasteiger partial charge is 0.137 e. The first-order valence-corrected chi connectivity index (χ1v) is 7.93. The van der Waals surface area contributed by atoms with Gasteiger partial charge in [-0.15, -0.1) is 0 Å². The van der Waals surface area contributed by atoms with E-state index in [9.17, 15) is 0 Å². The van der Waals surface area contributed by atoms with Crippen molar-refractivity contribution in [3.05, 3.63) is 46.4 Å². The normalized spacial score (nSPS) is 10.5. The van der Waals surface area contributed by atoms with Crippen molar-refractivity contribution in [2.75, 3.05) is 18.5 Å². The Morgan fingerprint density at radius 3 is 2.82 bits per heavy atom. The Bertz CT molecular complexity index is 631. The number of para-hydroxylation sites is 1. The van der Waals surface area contributed by atoms with Crippen LogP contribution in [0.25, 0.3) is 0 Å². The second-order valence-electron chi connectivity index (χ2n) is 5.23. The van der Waals surface area contributed by atoms with Crippen molar-refractivity contribution in [2.24, 2.45) is 0 Å². The molecule has 1 heterocycles. The lowest BCUT2D eigenvalue weighted by Crippen LogP contribution is -2.14. The number of rotatable bonds is 7. The number of aromatic nitrogens is 2. The Morgan fingerprint density at radius 1 is 1.23 bits per heavy atom. The van der Waals surface area contributed by atoms with Crippen LogP contribution in [0.15, 0.2) is 24.5 Å². The van der Waals surface area contributed by atoms with Crippen LogP contribution in [0.3, 0.4) is 0 Å². The Balaban J connectivity index is 1.93.